The van der Waals surface area contributed by atoms with Crippen LogP contribution in [0, 0.1) is 6.08 Å². The van der Waals surface area contributed by atoms with E-state index in [-0.39, 0.29) is 10.8 Å². The second-order valence-corrected chi connectivity index (χ2v) is 14.3. The molecule has 0 saturated carbocycles. The minimum atomic E-state index is 0.203. The summed E-state index contributed by atoms with van der Waals surface area (Å²) in [6.07, 6.45) is 12.2. The molecule has 0 nitrogen and oxygen atoms in total. The van der Waals surface area contributed by atoms with Gasteiger partial charge in [-0.25, -0.2) is 12.2 Å². The fraction of sp³-hybridized carbons (Fsp3) is 0.268. The molecule has 0 N–H and O–H groups in total. The third kappa shape index (κ3) is 9.16. The second-order valence-electron chi connectivity index (χ2n) is 13.2. The number of rotatable bonds is 4. The van der Waals surface area contributed by atoms with Gasteiger partial charge < -0.3 is 0 Å². The Hall–Kier alpha value is -3.19. The van der Waals surface area contributed by atoms with Gasteiger partial charge in [-0.05, 0) is 10.8 Å². The molecule has 0 atom stereocenters. The molecule has 0 saturated heterocycles. The van der Waals surface area contributed by atoms with Crippen LogP contribution in [0.4, 0.5) is 0 Å². The summed E-state index contributed by atoms with van der Waals surface area (Å²) in [6.45, 7) is 13.6. The standard InChI is InChI=1S/C21H25.C15H14.C5H5.Ti/c1-20(2,3)16-7-9-18-14(12-16)11-15-13-17(21(4,5)6)8-10-19(15)18;1-3-8-14(9-4-1)12-7-13-15-10-5-2-6-11-15;1-2-4-5-3-1;/h7-13H,1-6H3;1-6,8-11H,12-13H2;1-3H,4H2;/q-1;;-1;+2. The van der Waals surface area contributed by atoms with E-state index in [9.17, 15) is 0 Å². The molecule has 5 aromatic rings. The van der Waals surface area contributed by atoms with E-state index >= 15 is 0 Å². The van der Waals surface area contributed by atoms with Gasteiger partial charge in [-0.2, -0.15) is 6.08 Å². The monoisotopic (exact) mass is 584 g/mol. The fourth-order valence-corrected chi connectivity index (χ4v) is 5.68. The van der Waals surface area contributed by atoms with Crippen molar-refractivity contribution in [3.63, 3.8) is 0 Å². The van der Waals surface area contributed by atoms with Crippen LogP contribution in [-0.4, -0.2) is 3.81 Å². The van der Waals surface area contributed by atoms with Crippen molar-refractivity contribution in [3.8, 4) is 0 Å². The molecule has 1 heteroatoms. The van der Waals surface area contributed by atoms with Crippen molar-refractivity contribution in [1.82, 2.24) is 0 Å². The summed E-state index contributed by atoms with van der Waals surface area (Å²) in [6, 6.07) is 37.5. The van der Waals surface area contributed by atoms with Crippen molar-refractivity contribution in [2.75, 3.05) is 0 Å². The molecule has 0 amide bonds. The second kappa shape index (κ2) is 14.3. The SMILES string of the molecule is CC(C)(C)c1ccc2c(c1)[cH-]c1cc(C(C)(C)C)ccc12.[C-]1=CC=CC1.[Ti+2]=[C](Cc1ccccc1)Cc1ccccc1. The molecule has 0 spiro atoms. The predicted molar refractivity (Wildman–Crippen MR) is 181 cm³/mol. The average molecular weight is 585 g/mol. The van der Waals surface area contributed by atoms with Crippen molar-refractivity contribution >= 4 is 25.4 Å². The Labute approximate surface area is 265 Å². The molecule has 1 aliphatic rings. The van der Waals surface area contributed by atoms with Gasteiger partial charge in [0.05, 0.1) is 0 Å². The van der Waals surface area contributed by atoms with Crippen molar-refractivity contribution < 1.29 is 20.0 Å². The molecule has 0 aliphatic heterocycles. The molecule has 5 aromatic carbocycles. The molecule has 0 radical (unpaired) electrons. The summed E-state index contributed by atoms with van der Waals surface area (Å²) in [5.74, 6) is 0. The van der Waals surface area contributed by atoms with E-state index < -0.39 is 0 Å². The molecule has 42 heavy (non-hydrogen) atoms. The van der Waals surface area contributed by atoms with Gasteiger partial charge >= 0.3 is 108 Å². The molecular formula is C41H44Ti. The predicted octanol–water partition coefficient (Wildman–Crippen LogP) is 10.8. The summed E-state index contributed by atoms with van der Waals surface area (Å²) < 4.78 is 1.51. The van der Waals surface area contributed by atoms with Crippen LogP contribution in [0.1, 0.15) is 70.2 Å². The Bertz CT molecular complexity index is 1530. The van der Waals surface area contributed by atoms with Crippen LogP contribution in [-0.2, 0) is 43.6 Å². The van der Waals surface area contributed by atoms with Gasteiger partial charge in [0.25, 0.3) is 0 Å². The summed E-state index contributed by atoms with van der Waals surface area (Å²) in [4.78, 5) is 0. The van der Waals surface area contributed by atoms with Gasteiger partial charge in [0.2, 0.25) is 0 Å². The van der Waals surface area contributed by atoms with Gasteiger partial charge in [0.15, 0.2) is 0 Å². The number of hydrogen-bond donors (Lipinski definition) is 0. The van der Waals surface area contributed by atoms with Crippen molar-refractivity contribution in [1.29, 1.82) is 0 Å². The zero-order valence-electron chi connectivity index (χ0n) is 26.2. The van der Waals surface area contributed by atoms with Crippen LogP contribution >= 0.6 is 0 Å². The average Bonchev–Trinajstić information content (AvgIpc) is 3.65. The first-order valence-electron chi connectivity index (χ1n) is 15.0. The summed E-state index contributed by atoms with van der Waals surface area (Å²) in [5.41, 5.74) is 6.01. The van der Waals surface area contributed by atoms with Gasteiger partial charge in [-0.15, -0.1) is 46.2 Å². The van der Waals surface area contributed by atoms with Crippen LogP contribution in [0.5, 0.6) is 0 Å². The van der Waals surface area contributed by atoms with Gasteiger partial charge in [-0.1, -0.05) is 76.9 Å². The van der Waals surface area contributed by atoms with Crippen molar-refractivity contribution in [2.45, 2.75) is 71.6 Å². The molecule has 1 aliphatic carbocycles. The van der Waals surface area contributed by atoms with E-state index in [4.69, 9.17) is 0 Å². The van der Waals surface area contributed by atoms with Crippen LogP contribution in [0.2, 0.25) is 0 Å². The Morgan fingerprint density at radius 1 is 0.667 bits per heavy atom. The Kier molecular flexibility index (Phi) is 10.8. The maximum absolute atomic E-state index is 2.99. The number of hydrogen-bond acceptors (Lipinski definition) is 0. The van der Waals surface area contributed by atoms with E-state index in [1.54, 1.807) is 0 Å². The molecule has 6 rings (SSSR count). The fourth-order valence-electron chi connectivity index (χ4n) is 5.04. The zero-order chi connectivity index (χ0) is 30.2. The molecule has 0 aromatic heterocycles. The van der Waals surface area contributed by atoms with E-state index in [2.05, 4.69) is 177 Å². The molecule has 0 heterocycles. The van der Waals surface area contributed by atoms with Crippen molar-refractivity contribution in [3.05, 3.63) is 150 Å². The molecule has 0 fully saturated rings. The first kappa shape index (κ1) is 31.7. The Morgan fingerprint density at radius 2 is 1.12 bits per heavy atom. The van der Waals surface area contributed by atoms with Gasteiger partial charge in [0, 0.05) is 0 Å². The third-order valence-corrected chi connectivity index (χ3v) is 8.09. The quantitative estimate of drug-likeness (QED) is 0.146. The van der Waals surface area contributed by atoms with Gasteiger partial charge in [-0.3, -0.25) is 6.08 Å². The molecule has 212 valence electrons. The Balaban J connectivity index is 0.000000170. The normalized spacial score (nSPS) is 12.6. The van der Waals surface area contributed by atoms with E-state index in [0.717, 1.165) is 19.3 Å². The summed E-state index contributed by atoms with van der Waals surface area (Å²) in [5, 5.41) is 5.48. The van der Waals surface area contributed by atoms with Crippen LogP contribution in [0.15, 0.2) is 121 Å². The molecule has 0 unspecified atom stereocenters. The Morgan fingerprint density at radius 3 is 1.45 bits per heavy atom. The van der Waals surface area contributed by atoms with Gasteiger partial charge in [0.1, 0.15) is 0 Å². The molecular weight excluding hydrogens is 540 g/mol. The number of benzene rings is 4. The van der Waals surface area contributed by atoms with Crippen LogP contribution in [0.25, 0.3) is 21.5 Å². The minimum absolute atomic E-state index is 0.203. The van der Waals surface area contributed by atoms with Crippen LogP contribution in [0.3, 0.4) is 0 Å². The maximum atomic E-state index is 2.99. The van der Waals surface area contributed by atoms with E-state index in [1.807, 2.05) is 12.2 Å². The van der Waals surface area contributed by atoms with E-state index in [1.165, 1.54) is 47.6 Å². The topological polar surface area (TPSA) is 0 Å². The van der Waals surface area contributed by atoms with Crippen molar-refractivity contribution in [2.24, 2.45) is 0 Å². The molecule has 0 bridgehead atoms. The first-order valence-corrected chi connectivity index (χ1v) is 15.8. The first-order chi connectivity index (χ1) is 20.0. The van der Waals surface area contributed by atoms with Crippen LogP contribution < -0.4 is 0 Å². The number of fused-ring (bicyclic) bond motifs is 3. The summed E-state index contributed by atoms with van der Waals surface area (Å²) >= 11 is 2.24. The summed E-state index contributed by atoms with van der Waals surface area (Å²) in [7, 11) is 0. The van der Waals surface area contributed by atoms with E-state index in [0.29, 0.717) is 0 Å². The third-order valence-electron chi connectivity index (χ3n) is 7.54. The zero-order valence-corrected chi connectivity index (χ0v) is 27.7. The number of allylic oxidation sites excluding steroid dienone is 4.